The van der Waals surface area contributed by atoms with E-state index in [1.54, 1.807) is 6.08 Å². The van der Waals surface area contributed by atoms with Gasteiger partial charge in [-0.25, -0.2) is 0 Å². The molecule has 6 nitrogen and oxygen atoms in total. The summed E-state index contributed by atoms with van der Waals surface area (Å²) in [4.78, 5) is 30.7. The highest BCUT2D eigenvalue weighted by Gasteiger charge is 2.20. The van der Waals surface area contributed by atoms with Gasteiger partial charge >= 0.3 is 0 Å². The number of aliphatic hydroxyl groups excluding tert-OH is 1. The highest BCUT2D eigenvalue weighted by atomic mass is 32.2. The van der Waals surface area contributed by atoms with Crippen molar-refractivity contribution in [1.29, 1.82) is 0 Å². The fraction of sp³-hybridized carbons (Fsp3) is 0.111. The highest BCUT2D eigenvalue weighted by Crippen LogP contribution is 2.39. The maximum absolute atomic E-state index is 12.5. The van der Waals surface area contributed by atoms with Crippen molar-refractivity contribution >= 4 is 63.7 Å². The molecule has 1 aliphatic rings. The SMILES string of the molecule is O=C(/C=C/c1csc(C=C2Sc3ccccc3NC2=O)c1)N[C@H](CO)Cc1c[nH]c2ccccc12. The number of thioether (sulfide) groups is 1. The van der Waals surface area contributed by atoms with Gasteiger partial charge in [-0.3, -0.25) is 9.59 Å². The van der Waals surface area contributed by atoms with E-state index in [2.05, 4.69) is 15.6 Å². The minimum absolute atomic E-state index is 0.121. The third-order valence-electron chi connectivity index (χ3n) is 5.63. The van der Waals surface area contributed by atoms with Crippen LogP contribution in [-0.2, 0) is 16.0 Å². The van der Waals surface area contributed by atoms with Crippen LogP contribution in [0.25, 0.3) is 23.1 Å². The van der Waals surface area contributed by atoms with E-state index < -0.39 is 0 Å². The van der Waals surface area contributed by atoms with Crippen LogP contribution in [0.15, 0.2) is 82.1 Å². The van der Waals surface area contributed by atoms with Crippen LogP contribution in [0.4, 0.5) is 5.69 Å². The van der Waals surface area contributed by atoms with Gasteiger partial charge in [0.05, 0.1) is 23.2 Å². The van der Waals surface area contributed by atoms with Crippen molar-refractivity contribution < 1.29 is 14.7 Å². The quantitative estimate of drug-likeness (QED) is 0.267. The van der Waals surface area contributed by atoms with Crippen molar-refractivity contribution in [2.45, 2.75) is 17.4 Å². The van der Waals surface area contributed by atoms with Gasteiger partial charge in [-0.2, -0.15) is 0 Å². The molecule has 0 saturated heterocycles. The number of carbonyl (C=O) groups excluding carboxylic acids is 2. The molecule has 4 aromatic rings. The zero-order valence-corrected chi connectivity index (χ0v) is 20.3. The highest BCUT2D eigenvalue weighted by molar-refractivity contribution is 8.04. The summed E-state index contributed by atoms with van der Waals surface area (Å²) in [6.07, 6.45) is 7.51. The molecule has 5 rings (SSSR count). The normalized spacial score (nSPS) is 15.3. The lowest BCUT2D eigenvalue weighted by Crippen LogP contribution is -2.38. The van der Waals surface area contributed by atoms with Gasteiger partial charge in [-0.05, 0) is 59.3 Å². The maximum atomic E-state index is 12.5. The topological polar surface area (TPSA) is 94.2 Å². The Morgan fingerprint density at radius 1 is 1.14 bits per heavy atom. The Balaban J connectivity index is 1.21. The lowest BCUT2D eigenvalue weighted by molar-refractivity contribution is -0.117. The first kappa shape index (κ1) is 23.2. The fourth-order valence-electron chi connectivity index (χ4n) is 3.91. The average molecular weight is 502 g/mol. The molecule has 0 fully saturated rings. The van der Waals surface area contributed by atoms with Gasteiger partial charge in [0.2, 0.25) is 5.91 Å². The van der Waals surface area contributed by atoms with E-state index in [0.29, 0.717) is 11.3 Å². The molecule has 0 aliphatic carbocycles. The zero-order valence-electron chi connectivity index (χ0n) is 18.7. The van der Waals surface area contributed by atoms with Crippen LogP contribution in [0.5, 0.6) is 0 Å². The third kappa shape index (κ3) is 5.40. The molecular formula is C27H23N3O3S2. The molecule has 2 aromatic carbocycles. The van der Waals surface area contributed by atoms with E-state index >= 15 is 0 Å². The minimum atomic E-state index is -0.390. The smallest absolute Gasteiger partial charge is 0.262 e. The van der Waals surface area contributed by atoms with E-state index in [-0.39, 0.29) is 24.5 Å². The van der Waals surface area contributed by atoms with E-state index in [9.17, 15) is 14.7 Å². The molecular weight excluding hydrogens is 478 g/mol. The van der Waals surface area contributed by atoms with Crippen molar-refractivity contribution in [2.24, 2.45) is 0 Å². The third-order valence-corrected chi connectivity index (χ3v) is 7.62. The number of thiophene rings is 1. The first-order chi connectivity index (χ1) is 17.1. The van der Waals surface area contributed by atoms with E-state index in [0.717, 1.165) is 37.5 Å². The van der Waals surface area contributed by atoms with Crippen molar-refractivity contribution in [2.75, 3.05) is 11.9 Å². The number of aromatic nitrogens is 1. The van der Waals surface area contributed by atoms with Gasteiger partial charge in [-0.1, -0.05) is 42.1 Å². The molecule has 2 amide bonds. The second-order valence-electron chi connectivity index (χ2n) is 8.13. The number of anilines is 1. The lowest BCUT2D eigenvalue weighted by Gasteiger charge is -2.17. The monoisotopic (exact) mass is 501 g/mol. The minimum Gasteiger partial charge on any atom is -0.394 e. The molecule has 0 radical (unpaired) electrons. The Morgan fingerprint density at radius 3 is 2.86 bits per heavy atom. The Hall–Kier alpha value is -3.59. The molecule has 1 aliphatic heterocycles. The maximum Gasteiger partial charge on any atom is 0.262 e. The number of nitrogens with one attached hydrogen (secondary N) is 3. The van der Waals surface area contributed by atoms with Gasteiger partial charge in [0.25, 0.3) is 5.91 Å². The molecule has 0 saturated carbocycles. The summed E-state index contributed by atoms with van der Waals surface area (Å²) in [5.74, 6) is -0.391. The van der Waals surface area contributed by atoms with Crippen molar-refractivity contribution in [1.82, 2.24) is 10.3 Å². The number of aliphatic hydroxyl groups is 1. The van der Waals surface area contributed by atoms with Crippen LogP contribution >= 0.6 is 23.1 Å². The summed E-state index contributed by atoms with van der Waals surface area (Å²) in [6.45, 7) is -0.155. The molecule has 0 unspecified atom stereocenters. The van der Waals surface area contributed by atoms with Crippen LogP contribution in [0.2, 0.25) is 0 Å². The molecule has 8 heteroatoms. The first-order valence-electron chi connectivity index (χ1n) is 11.1. The van der Waals surface area contributed by atoms with E-state index in [1.165, 1.54) is 29.2 Å². The first-order valence-corrected chi connectivity index (χ1v) is 12.8. The molecule has 2 aromatic heterocycles. The van der Waals surface area contributed by atoms with Crippen LogP contribution in [0.3, 0.4) is 0 Å². The van der Waals surface area contributed by atoms with E-state index in [1.807, 2.05) is 72.3 Å². The molecule has 4 N–H and O–H groups in total. The number of benzene rings is 2. The second kappa shape index (κ2) is 10.4. The number of hydrogen-bond donors (Lipinski definition) is 4. The number of amides is 2. The average Bonchev–Trinajstić information content (AvgIpc) is 3.49. The van der Waals surface area contributed by atoms with Crippen LogP contribution < -0.4 is 10.6 Å². The summed E-state index contributed by atoms with van der Waals surface area (Å²) in [5, 5.41) is 18.6. The largest absolute Gasteiger partial charge is 0.394 e. The van der Waals surface area contributed by atoms with Gasteiger partial charge in [0.1, 0.15) is 0 Å². The molecule has 176 valence electrons. The van der Waals surface area contributed by atoms with Crippen molar-refractivity contribution in [3.63, 3.8) is 0 Å². The second-order valence-corrected chi connectivity index (χ2v) is 10.2. The van der Waals surface area contributed by atoms with Crippen LogP contribution in [0, 0.1) is 0 Å². The van der Waals surface area contributed by atoms with Crippen LogP contribution in [-0.4, -0.2) is 34.6 Å². The summed E-state index contributed by atoms with van der Waals surface area (Å²) in [7, 11) is 0. The predicted octanol–water partition coefficient (Wildman–Crippen LogP) is 5.05. The number of fused-ring (bicyclic) bond motifs is 2. The van der Waals surface area contributed by atoms with Gasteiger partial charge in [0, 0.05) is 32.9 Å². The molecule has 3 heterocycles. The number of para-hydroxylation sites is 2. The molecule has 35 heavy (non-hydrogen) atoms. The Kier molecular flexibility index (Phi) is 6.85. The number of H-pyrrole nitrogens is 1. The fourth-order valence-corrected chi connectivity index (χ4v) is 5.74. The summed E-state index contributed by atoms with van der Waals surface area (Å²) >= 11 is 2.95. The van der Waals surface area contributed by atoms with Gasteiger partial charge < -0.3 is 20.7 Å². The summed E-state index contributed by atoms with van der Waals surface area (Å²) < 4.78 is 0. The summed E-state index contributed by atoms with van der Waals surface area (Å²) in [5.41, 5.74) is 3.77. The standard InChI is InChI=1S/C27H23N3O3S2/c31-15-19(12-18-14-28-22-6-2-1-5-21(18)22)29-26(32)10-9-17-11-20(34-16-17)13-25-27(33)30-23-7-3-4-8-24(23)35-25/h1-11,13-14,16,19,28,31H,12,15H2,(H,29,32)(H,30,33)/b10-9+,25-13?/t19-/m0/s1. The van der Waals surface area contributed by atoms with Crippen molar-refractivity contribution in [3.8, 4) is 0 Å². The van der Waals surface area contributed by atoms with Crippen LogP contribution in [0.1, 0.15) is 16.0 Å². The lowest BCUT2D eigenvalue weighted by atomic mass is 10.1. The number of aromatic amines is 1. The van der Waals surface area contributed by atoms with Gasteiger partial charge in [-0.15, -0.1) is 11.3 Å². The summed E-state index contributed by atoms with van der Waals surface area (Å²) in [6, 6.07) is 17.2. The molecule has 0 bridgehead atoms. The van der Waals surface area contributed by atoms with Gasteiger partial charge in [0.15, 0.2) is 0 Å². The number of carbonyl (C=O) groups is 2. The predicted molar refractivity (Wildman–Crippen MR) is 143 cm³/mol. The Labute approximate surface area is 210 Å². The Bertz CT molecular complexity index is 1450. The number of rotatable bonds is 7. The van der Waals surface area contributed by atoms with Crippen molar-refractivity contribution in [3.05, 3.63) is 93.2 Å². The molecule has 0 spiro atoms. The zero-order chi connectivity index (χ0) is 24.2. The number of hydrogen-bond acceptors (Lipinski definition) is 5. The molecule has 1 atom stereocenters. The Morgan fingerprint density at radius 2 is 1.97 bits per heavy atom. The van der Waals surface area contributed by atoms with E-state index in [4.69, 9.17) is 0 Å².